The summed E-state index contributed by atoms with van der Waals surface area (Å²) in [6.45, 7) is 4.29. The van der Waals surface area contributed by atoms with E-state index in [1.807, 2.05) is 0 Å². The molecule has 1 aromatic carbocycles. The highest BCUT2D eigenvalue weighted by atomic mass is 32.2. The Balaban J connectivity index is 2.17. The van der Waals surface area contributed by atoms with E-state index in [2.05, 4.69) is 10.3 Å². The molecular formula is C20H21N3O6S. The van der Waals surface area contributed by atoms with Gasteiger partial charge >= 0.3 is 5.97 Å². The van der Waals surface area contributed by atoms with Crippen LogP contribution in [0.2, 0.25) is 0 Å². The number of hydrogen-bond acceptors (Lipinski definition) is 7. The van der Waals surface area contributed by atoms with Crippen molar-refractivity contribution in [3.05, 3.63) is 59.9 Å². The molecule has 3 rings (SSSR count). The fraction of sp³-hybridized carbons (Fsp3) is 0.250. The molecule has 1 amide bonds. The van der Waals surface area contributed by atoms with Crippen LogP contribution in [0.1, 0.15) is 26.3 Å². The lowest BCUT2D eigenvalue weighted by molar-refractivity contribution is -0.161. The van der Waals surface area contributed by atoms with Crippen LogP contribution in [-0.4, -0.2) is 42.4 Å². The zero-order chi connectivity index (χ0) is 21.9. The number of benzene rings is 1. The summed E-state index contributed by atoms with van der Waals surface area (Å²) in [5.41, 5.74) is -0.0202. The summed E-state index contributed by atoms with van der Waals surface area (Å²) in [6, 6.07) is 11.1. The van der Waals surface area contributed by atoms with Crippen LogP contribution in [0.25, 0.3) is 5.76 Å². The van der Waals surface area contributed by atoms with Crippen LogP contribution in [-0.2, 0) is 29.1 Å². The van der Waals surface area contributed by atoms with Crippen LogP contribution in [0.4, 0.5) is 5.82 Å². The van der Waals surface area contributed by atoms with Gasteiger partial charge in [-0.2, -0.15) is 0 Å². The van der Waals surface area contributed by atoms with Crippen LogP contribution in [0.5, 0.6) is 0 Å². The average Bonchev–Trinajstić information content (AvgIpc) is 2.70. The lowest BCUT2D eigenvalue weighted by atomic mass is 10.1. The fourth-order valence-electron chi connectivity index (χ4n) is 3.06. The second-order valence-electron chi connectivity index (χ2n) is 6.31. The van der Waals surface area contributed by atoms with Gasteiger partial charge in [-0.05, 0) is 31.2 Å². The third kappa shape index (κ3) is 4.13. The van der Waals surface area contributed by atoms with Gasteiger partial charge in [0, 0.05) is 32.2 Å². The van der Waals surface area contributed by atoms with Gasteiger partial charge in [-0.15, -0.1) is 0 Å². The number of pyridine rings is 1. The largest absolute Gasteiger partial charge is 0.452 e. The van der Waals surface area contributed by atoms with Crippen molar-refractivity contribution in [3.8, 4) is 0 Å². The van der Waals surface area contributed by atoms with Crippen molar-refractivity contribution >= 4 is 33.5 Å². The van der Waals surface area contributed by atoms with E-state index in [0.29, 0.717) is 0 Å². The van der Waals surface area contributed by atoms with Gasteiger partial charge in [0.1, 0.15) is 5.82 Å². The Labute approximate surface area is 174 Å². The predicted octanol–water partition coefficient (Wildman–Crippen LogP) is 2.34. The first-order chi connectivity index (χ1) is 14.3. The number of amides is 1. The highest BCUT2D eigenvalue weighted by Gasteiger charge is 2.40. The molecule has 1 N–H and O–H groups in total. The Morgan fingerprint density at radius 1 is 1.17 bits per heavy atom. The van der Waals surface area contributed by atoms with E-state index < -0.39 is 28.2 Å². The molecule has 30 heavy (non-hydrogen) atoms. The van der Waals surface area contributed by atoms with Crippen molar-refractivity contribution in [1.29, 1.82) is 0 Å². The summed E-state index contributed by atoms with van der Waals surface area (Å²) in [4.78, 5) is 28.5. The molecule has 0 saturated heterocycles. The Hall–Kier alpha value is -3.40. The minimum Gasteiger partial charge on any atom is -0.452 e. The van der Waals surface area contributed by atoms with Gasteiger partial charge in [0.2, 0.25) is 6.29 Å². The Bertz CT molecular complexity index is 1100. The quantitative estimate of drug-likeness (QED) is 0.551. The summed E-state index contributed by atoms with van der Waals surface area (Å²) < 4.78 is 38.1. The number of fused-ring (bicyclic) bond motifs is 1. The molecule has 9 nitrogen and oxygen atoms in total. The number of anilines is 1. The van der Waals surface area contributed by atoms with Crippen LogP contribution in [0.3, 0.4) is 0 Å². The van der Waals surface area contributed by atoms with Crippen molar-refractivity contribution in [2.45, 2.75) is 32.0 Å². The molecule has 1 aliphatic heterocycles. The molecule has 0 radical (unpaired) electrons. The minimum absolute atomic E-state index is 0.00809. The maximum Gasteiger partial charge on any atom is 0.305 e. The smallest absolute Gasteiger partial charge is 0.305 e. The Morgan fingerprint density at radius 2 is 1.87 bits per heavy atom. The van der Waals surface area contributed by atoms with E-state index in [0.717, 1.165) is 4.31 Å². The van der Waals surface area contributed by atoms with Crippen LogP contribution in [0, 0.1) is 0 Å². The lowest BCUT2D eigenvalue weighted by Gasteiger charge is -2.33. The third-order valence-corrected chi connectivity index (χ3v) is 6.12. The van der Waals surface area contributed by atoms with E-state index in [4.69, 9.17) is 9.47 Å². The molecule has 10 heteroatoms. The molecule has 0 spiro atoms. The second kappa shape index (κ2) is 8.54. The molecule has 0 saturated carbocycles. The first-order valence-electron chi connectivity index (χ1n) is 9.18. The zero-order valence-corrected chi connectivity index (χ0v) is 17.5. The molecule has 1 unspecified atom stereocenters. The average molecular weight is 431 g/mol. The van der Waals surface area contributed by atoms with Crippen molar-refractivity contribution in [1.82, 2.24) is 9.29 Å². The number of aromatic nitrogens is 1. The zero-order valence-electron chi connectivity index (χ0n) is 16.7. The lowest BCUT2D eigenvalue weighted by Crippen LogP contribution is -2.40. The summed E-state index contributed by atoms with van der Waals surface area (Å²) in [5, 5.41) is 2.59. The van der Waals surface area contributed by atoms with Gasteiger partial charge in [-0.3, -0.25) is 13.9 Å². The van der Waals surface area contributed by atoms with Crippen molar-refractivity contribution < 1.29 is 27.5 Å². The first-order valence-corrected chi connectivity index (χ1v) is 10.6. The highest BCUT2D eigenvalue weighted by Crippen LogP contribution is 2.38. The summed E-state index contributed by atoms with van der Waals surface area (Å²) in [7, 11) is -4.00. The number of sulfonamides is 1. The molecular weight excluding hydrogens is 410 g/mol. The maximum absolute atomic E-state index is 13.2. The summed E-state index contributed by atoms with van der Waals surface area (Å²) in [6.07, 6.45) is 0.442. The summed E-state index contributed by atoms with van der Waals surface area (Å²) >= 11 is 0. The van der Waals surface area contributed by atoms with Gasteiger partial charge in [-0.25, -0.2) is 13.4 Å². The van der Waals surface area contributed by atoms with E-state index in [-0.39, 0.29) is 34.3 Å². The molecule has 1 atom stereocenters. The molecule has 0 bridgehead atoms. The topological polar surface area (TPSA) is 115 Å². The highest BCUT2D eigenvalue weighted by molar-refractivity contribution is 7.89. The maximum atomic E-state index is 13.2. The first kappa shape index (κ1) is 21.3. The molecule has 1 aromatic heterocycles. The molecule has 0 fully saturated rings. The Morgan fingerprint density at radius 3 is 2.50 bits per heavy atom. The van der Waals surface area contributed by atoms with Gasteiger partial charge in [0.05, 0.1) is 4.90 Å². The van der Waals surface area contributed by atoms with Crippen molar-refractivity contribution in [2.24, 2.45) is 0 Å². The van der Waals surface area contributed by atoms with Crippen molar-refractivity contribution in [3.63, 3.8) is 0 Å². The number of carbonyl (C=O) groups is 2. The number of nitrogens with one attached hydrogen (secondary N) is 1. The molecule has 2 heterocycles. The van der Waals surface area contributed by atoms with E-state index in [9.17, 15) is 18.0 Å². The number of nitrogens with zero attached hydrogens (tertiary/aromatic N) is 2. The van der Waals surface area contributed by atoms with E-state index in [1.54, 1.807) is 37.3 Å². The van der Waals surface area contributed by atoms with Gasteiger partial charge < -0.3 is 14.8 Å². The normalized spacial score (nSPS) is 15.8. The number of esters is 1. The van der Waals surface area contributed by atoms with E-state index in [1.165, 1.54) is 32.2 Å². The van der Waals surface area contributed by atoms with Gasteiger partial charge in [0.25, 0.3) is 15.9 Å². The SMILES string of the molecule is CCN1C(C(=O)Nc2ccccn2)=C(OC(C)OC(C)=O)c2ccccc2S1(=O)=O. The van der Waals surface area contributed by atoms with Crippen LogP contribution in [0.15, 0.2) is 59.3 Å². The molecule has 0 aliphatic carbocycles. The number of hydrogen-bond donors (Lipinski definition) is 1. The number of ether oxygens (including phenoxy) is 2. The number of likely N-dealkylation sites (N-methyl/N-ethyl adjacent to an activating group) is 1. The number of carbonyl (C=O) groups excluding carboxylic acids is 2. The fourth-order valence-corrected chi connectivity index (χ4v) is 4.73. The molecule has 1 aliphatic rings. The Kier molecular flexibility index (Phi) is 6.06. The molecule has 2 aromatic rings. The third-order valence-electron chi connectivity index (χ3n) is 4.19. The number of rotatable bonds is 6. The van der Waals surface area contributed by atoms with Crippen molar-refractivity contribution in [2.75, 3.05) is 11.9 Å². The van der Waals surface area contributed by atoms with Crippen LogP contribution < -0.4 is 5.32 Å². The standard InChI is InChI=1S/C20H21N3O6S/c1-4-23-18(20(25)22-17-11-7-8-12-21-17)19(29-14(3)28-13(2)24)15-9-5-6-10-16(15)30(23,26)27/h5-12,14H,4H2,1-3H3,(H,21,22,25). The van der Waals surface area contributed by atoms with E-state index >= 15 is 0 Å². The summed E-state index contributed by atoms with van der Waals surface area (Å²) in [5.74, 6) is -1.07. The van der Waals surface area contributed by atoms with Gasteiger partial charge in [0.15, 0.2) is 11.5 Å². The monoisotopic (exact) mass is 431 g/mol. The van der Waals surface area contributed by atoms with Gasteiger partial charge in [-0.1, -0.05) is 18.2 Å². The molecule has 158 valence electrons. The second-order valence-corrected chi connectivity index (χ2v) is 8.14. The van der Waals surface area contributed by atoms with Crippen LogP contribution >= 0.6 is 0 Å². The minimum atomic E-state index is -4.00. The predicted molar refractivity (Wildman–Crippen MR) is 108 cm³/mol.